The van der Waals surface area contributed by atoms with Gasteiger partial charge in [0.25, 0.3) is 5.91 Å². The molecule has 0 spiro atoms. The summed E-state index contributed by atoms with van der Waals surface area (Å²) in [5.41, 5.74) is 3.42. The average Bonchev–Trinajstić information content (AvgIpc) is 3.39. The Labute approximate surface area is 158 Å². The summed E-state index contributed by atoms with van der Waals surface area (Å²) in [6, 6.07) is 17.6. The van der Waals surface area contributed by atoms with Crippen LogP contribution in [0.25, 0.3) is 26.8 Å². The number of aromatic amines is 1. The molecule has 6 nitrogen and oxygen atoms in total. The van der Waals surface area contributed by atoms with Gasteiger partial charge in [-0.2, -0.15) is 10.2 Å². The number of carbonyl (C=O) groups is 1. The van der Waals surface area contributed by atoms with Crippen molar-refractivity contribution in [2.45, 2.75) is 6.92 Å². The number of aryl methyl sites for hydroxylation is 1. The first-order valence-electron chi connectivity index (χ1n) is 8.49. The van der Waals surface area contributed by atoms with E-state index in [2.05, 4.69) is 20.6 Å². The maximum atomic E-state index is 12.8. The molecule has 0 aliphatic heterocycles. The Kier molecular flexibility index (Phi) is 3.54. The number of amides is 1. The van der Waals surface area contributed by atoms with Crippen molar-refractivity contribution in [3.05, 3.63) is 71.4 Å². The summed E-state index contributed by atoms with van der Waals surface area (Å²) >= 11 is 1.44. The Balaban J connectivity index is 1.54. The maximum absolute atomic E-state index is 12.8. The predicted octanol–water partition coefficient (Wildman–Crippen LogP) is 4.52. The number of fused-ring (bicyclic) bond motifs is 2. The lowest BCUT2D eigenvalue weighted by atomic mass is 10.2. The summed E-state index contributed by atoms with van der Waals surface area (Å²) in [6.45, 7) is 1.96. The molecule has 132 valence electrons. The van der Waals surface area contributed by atoms with E-state index in [0.717, 1.165) is 32.5 Å². The van der Waals surface area contributed by atoms with Crippen molar-refractivity contribution in [1.29, 1.82) is 0 Å². The Bertz CT molecular complexity index is 1280. The number of H-pyrrole nitrogens is 1. The minimum Gasteiger partial charge on any atom is -0.319 e. The molecule has 0 radical (unpaired) electrons. The van der Waals surface area contributed by atoms with Crippen LogP contribution in [-0.4, -0.2) is 25.9 Å². The number of para-hydroxylation sites is 2. The zero-order valence-corrected chi connectivity index (χ0v) is 15.2. The fourth-order valence-corrected chi connectivity index (χ4v) is 4.24. The second kappa shape index (κ2) is 6.07. The first kappa shape index (κ1) is 15.8. The van der Waals surface area contributed by atoms with Gasteiger partial charge in [-0.25, -0.2) is 4.68 Å². The second-order valence-electron chi connectivity index (χ2n) is 6.26. The highest BCUT2D eigenvalue weighted by atomic mass is 32.1. The van der Waals surface area contributed by atoms with E-state index < -0.39 is 0 Å². The number of carbonyl (C=O) groups excluding carboxylic acids is 1. The van der Waals surface area contributed by atoms with Gasteiger partial charge >= 0.3 is 0 Å². The Morgan fingerprint density at radius 3 is 2.85 bits per heavy atom. The standard InChI is InChI=1S/C20H15N5OS/c1-12-15-10-17(27-20(15)25(24-12)14-7-3-2-4-8-14)19(26)22-16-9-5-6-13-11-21-23-18(13)16/h2-11H,1H3,(H,21,23)(H,22,26). The summed E-state index contributed by atoms with van der Waals surface area (Å²) in [7, 11) is 0. The molecule has 2 aromatic carbocycles. The van der Waals surface area contributed by atoms with Gasteiger partial charge in [0, 0.05) is 10.8 Å². The molecule has 5 aromatic rings. The van der Waals surface area contributed by atoms with Gasteiger partial charge < -0.3 is 5.32 Å². The number of rotatable bonds is 3. The van der Waals surface area contributed by atoms with E-state index in [0.29, 0.717) is 10.6 Å². The normalized spacial score (nSPS) is 11.3. The number of nitrogens with zero attached hydrogens (tertiary/aromatic N) is 3. The maximum Gasteiger partial charge on any atom is 0.265 e. The monoisotopic (exact) mass is 373 g/mol. The summed E-state index contributed by atoms with van der Waals surface area (Å²) in [5.74, 6) is -0.141. The van der Waals surface area contributed by atoms with Gasteiger partial charge in [0.15, 0.2) is 0 Å². The van der Waals surface area contributed by atoms with Crippen LogP contribution in [0.2, 0.25) is 0 Å². The Morgan fingerprint density at radius 1 is 1.15 bits per heavy atom. The zero-order chi connectivity index (χ0) is 18.4. The van der Waals surface area contributed by atoms with Gasteiger partial charge in [0.05, 0.1) is 33.7 Å². The molecule has 1 amide bonds. The molecular weight excluding hydrogens is 358 g/mol. The summed E-state index contributed by atoms with van der Waals surface area (Å²) in [5, 5.41) is 16.5. The highest BCUT2D eigenvalue weighted by molar-refractivity contribution is 7.20. The third-order valence-corrected chi connectivity index (χ3v) is 5.60. The van der Waals surface area contributed by atoms with Gasteiger partial charge in [-0.15, -0.1) is 11.3 Å². The number of anilines is 1. The van der Waals surface area contributed by atoms with Crippen LogP contribution in [0.4, 0.5) is 5.69 Å². The first-order chi connectivity index (χ1) is 13.2. The molecule has 3 aromatic heterocycles. The summed E-state index contributed by atoms with van der Waals surface area (Å²) in [4.78, 5) is 14.4. The average molecular weight is 373 g/mol. The van der Waals surface area contributed by atoms with Crippen LogP contribution >= 0.6 is 11.3 Å². The van der Waals surface area contributed by atoms with Crippen LogP contribution in [-0.2, 0) is 0 Å². The van der Waals surface area contributed by atoms with Crippen LogP contribution in [0.1, 0.15) is 15.4 Å². The van der Waals surface area contributed by atoms with Gasteiger partial charge in [-0.1, -0.05) is 30.3 Å². The molecule has 0 saturated heterocycles. The molecular formula is C20H15N5OS. The molecule has 0 unspecified atom stereocenters. The van der Waals surface area contributed by atoms with Gasteiger partial charge in [0.1, 0.15) is 4.83 Å². The van der Waals surface area contributed by atoms with Crippen molar-refractivity contribution in [2.24, 2.45) is 0 Å². The first-order valence-corrected chi connectivity index (χ1v) is 9.30. The molecule has 27 heavy (non-hydrogen) atoms. The topological polar surface area (TPSA) is 75.6 Å². The molecule has 5 rings (SSSR count). The van der Waals surface area contributed by atoms with Gasteiger partial charge in [-0.05, 0) is 31.2 Å². The van der Waals surface area contributed by atoms with E-state index in [9.17, 15) is 4.79 Å². The minimum absolute atomic E-state index is 0.141. The molecule has 0 bridgehead atoms. The van der Waals surface area contributed by atoms with E-state index in [1.54, 1.807) is 6.20 Å². The summed E-state index contributed by atoms with van der Waals surface area (Å²) in [6.07, 6.45) is 1.74. The van der Waals surface area contributed by atoms with Crippen LogP contribution < -0.4 is 5.32 Å². The third-order valence-electron chi connectivity index (χ3n) is 4.49. The predicted molar refractivity (Wildman–Crippen MR) is 108 cm³/mol. The second-order valence-corrected chi connectivity index (χ2v) is 7.29. The fraction of sp³-hybridized carbons (Fsp3) is 0.0500. The van der Waals surface area contributed by atoms with Crippen LogP contribution in [0.5, 0.6) is 0 Å². The fourth-order valence-electron chi connectivity index (χ4n) is 3.16. The SMILES string of the molecule is Cc1nn(-c2ccccc2)c2sc(C(=O)Nc3cccc4cn[nH]c34)cc12. The van der Waals surface area contributed by atoms with E-state index >= 15 is 0 Å². The van der Waals surface area contributed by atoms with Crippen molar-refractivity contribution in [3.63, 3.8) is 0 Å². The van der Waals surface area contributed by atoms with Crippen molar-refractivity contribution < 1.29 is 4.79 Å². The van der Waals surface area contributed by atoms with Crippen LogP contribution in [0.3, 0.4) is 0 Å². The van der Waals surface area contributed by atoms with Crippen molar-refractivity contribution in [2.75, 3.05) is 5.32 Å². The highest BCUT2D eigenvalue weighted by Gasteiger charge is 2.18. The molecule has 0 aliphatic carbocycles. The Hall–Kier alpha value is -3.45. The summed E-state index contributed by atoms with van der Waals surface area (Å²) < 4.78 is 1.89. The molecule has 2 N–H and O–H groups in total. The number of benzene rings is 2. The number of hydrogen-bond acceptors (Lipinski definition) is 4. The molecule has 7 heteroatoms. The molecule has 3 heterocycles. The quantitative estimate of drug-likeness (QED) is 0.488. The smallest absolute Gasteiger partial charge is 0.265 e. The molecule has 0 fully saturated rings. The number of nitrogens with one attached hydrogen (secondary N) is 2. The zero-order valence-electron chi connectivity index (χ0n) is 14.4. The number of hydrogen-bond donors (Lipinski definition) is 2. The van der Waals surface area contributed by atoms with Crippen molar-refractivity contribution in [3.8, 4) is 5.69 Å². The molecule has 0 saturated carbocycles. The van der Waals surface area contributed by atoms with Gasteiger partial charge in [0.2, 0.25) is 0 Å². The number of thiophene rings is 1. The largest absolute Gasteiger partial charge is 0.319 e. The Morgan fingerprint density at radius 2 is 2.00 bits per heavy atom. The van der Waals surface area contributed by atoms with Crippen molar-refractivity contribution >= 4 is 44.1 Å². The molecule has 0 atom stereocenters. The van der Waals surface area contributed by atoms with E-state index in [1.807, 2.05) is 66.2 Å². The minimum atomic E-state index is -0.141. The van der Waals surface area contributed by atoms with Gasteiger partial charge in [-0.3, -0.25) is 9.89 Å². The molecule has 0 aliphatic rings. The number of aromatic nitrogens is 4. The van der Waals surface area contributed by atoms with Crippen LogP contribution in [0, 0.1) is 6.92 Å². The van der Waals surface area contributed by atoms with Crippen LogP contribution in [0.15, 0.2) is 60.8 Å². The third kappa shape index (κ3) is 2.60. The lowest BCUT2D eigenvalue weighted by Crippen LogP contribution is -2.10. The van der Waals surface area contributed by atoms with E-state index in [4.69, 9.17) is 0 Å². The highest BCUT2D eigenvalue weighted by Crippen LogP contribution is 2.31. The lowest BCUT2D eigenvalue weighted by molar-refractivity contribution is 0.103. The van der Waals surface area contributed by atoms with Crippen molar-refractivity contribution in [1.82, 2.24) is 20.0 Å². The lowest BCUT2D eigenvalue weighted by Gasteiger charge is -2.04. The van der Waals surface area contributed by atoms with E-state index in [1.165, 1.54) is 11.3 Å². The van der Waals surface area contributed by atoms with E-state index in [-0.39, 0.29) is 5.91 Å².